The highest BCUT2D eigenvalue weighted by atomic mass is 32.2. The molecular formula is C48H42N10O5S2. The van der Waals surface area contributed by atoms with Crippen LogP contribution >= 0.6 is 24.0 Å². The summed E-state index contributed by atoms with van der Waals surface area (Å²) in [4.78, 5) is 47.4. The number of carbonyl (C=O) groups is 3. The fraction of sp³-hybridized carbons (Fsp3) is 0.188. The maximum Gasteiger partial charge on any atom is 0.286 e. The Labute approximate surface area is 383 Å². The Morgan fingerprint density at radius 2 is 1.62 bits per heavy atom. The van der Waals surface area contributed by atoms with Crippen molar-refractivity contribution in [3.8, 4) is 39.8 Å². The van der Waals surface area contributed by atoms with Crippen LogP contribution < -0.4 is 20.1 Å². The van der Waals surface area contributed by atoms with E-state index in [1.165, 1.54) is 0 Å². The average Bonchev–Trinajstić information content (AvgIpc) is 4.13. The molecule has 326 valence electrons. The number of fused-ring (bicyclic) bond motifs is 1. The van der Waals surface area contributed by atoms with Crippen molar-refractivity contribution in [2.75, 3.05) is 7.05 Å². The molecule has 9 rings (SSSR count). The van der Waals surface area contributed by atoms with Gasteiger partial charge in [-0.25, -0.2) is 9.97 Å². The lowest BCUT2D eigenvalue weighted by Gasteiger charge is -2.14. The van der Waals surface area contributed by atoms with Gasteiger partial charge in [-0.3, -0.25) is 19.7 Å². The number of aromatic amines is 1. The van der Waals surface area contributed by atoms with Gasteiger partial charge < -0.3 is 23.9 Å². The van der Waals surface area contributed by atoms with Crippen molar-refractivity contribution in [3.63, 3.8) is 0 Å². The summed E-state index contributed by atoms with van der Waals surface area (Å²) in [6.07, 6.45) is 1.91. The molecule has 17 heteroatoms. The van der Waals surface area contributed by atoms with Crippen LogP contribution in [0.15, 0.2) is 115 Å². The number of benzene rings is 5. The van der Waals surface area contributed by atoms with E-state index in [-0.39, 0.29) is 23.7 Å². The van der Waals surface area contributed by atoms with Crippen molar-refractivity contribution in [1.82, 2.24) is 50.4 Å². The van der Waals surface area contributed by atoms with Gasteiger partial charge in [-0.15, -0.1) is 10.2 Å². The lowest BCUT2D eigenvalue weighted by atomic mass is 9.97. The fourth-order valence-corrected chi connectivity index (χ4v) is 8.90. The number of rotatable bonds is 16. The first-order chi connectivity index (χ1) is 31.6. The monoisotopic (exact) mass is 902 g/mol. The van der Waals surface area contributed by atoms with E-state index in [9.17, 15) is 14.4 Å². The molecule has 5 aromatic carbocycles. The first-order valence-electron chi connectivity index (χ1n) is 20.9. The van der Waals surface area contributed by atoms with Gasteiger partial charge in [-0.2, -0.15) is 5.21 Å². The topological polar surface area (TPSA) is 184 Å². The Morgan fingerprint density at radius 1 is 0.862 bits per heavy atom. The summed E-state index contributed by atoms with van der Waals surface area (Å²) in [5.74, 6) is 3.28. The predicted molar refractivity (Wildman–Crippen MR) is 251 cm³/mol. The van der Waals surface area contributed by atoms with Gasteiger partial charge in [0.05, 0.1) is 21.1 Å². The van der Waals surface area contributed by atoms with Crippen molar-refractivity contribution >= 4 is 56.9 Å². The molecule has 0 saturated carbocycles. The fourth-order valence-electron chi connectivity index (χ4n) is 7.76. The van der Waals surface area contributed by atoms with E-state index in [0.717, 1.165) is 74.2 Å². The first-order valence-corrected chi connectivity index (χ1v) is 22.2. The van der Waals surface area contributed by atoms with Crippen molar-refractivity contribution in [2.24, 2.45) is 7.05 Å². The Kier molecular flexibility index (Phi) is 12.3. The average molecular weight is 903 g/mol. The van der Waals surface area contributed by atoms with Gasteiger partial charge in [0.15, 0.2) is 0 Å². The molecule has 0 aliphatic carbocycles. The summed E-state index contributed by atoms with van der Waals surface area (Å²) in [6, 6.07) is 36.8. The van der Waals surface area contributed by atoms with E-state index in [1.807, 2.05) is 131 Å². The maximum absolute atomic E-state index is 13.7. The minimum Gasteiger partial charge on any atom is -0.486 e. The zero-order valence-electron chi connectivity index (χ0n) is 35.6. The van der Waals surface area contributed by atoms with Gasteiger partial charge in [-0.1, -0.05) is 85.5 Å². The Bertz CT molecular complexity index is 3060. The molecule has 0 bridgehead atoms. The quantitative estimate of drug-likeness (QED) is 0.0628. The second-order valence-electron chi connectivity index (χ2n) is 15.3. The van der Waals surface area contributed by atoms with Gasteiger partial charge in [0.1, 0.15) is 46.9 Å². The molecule has 0 radical (unpaired) electrons. The molecular weight excluding hydrogens is 861 g/mol. The lowest BCUT2D eigenvalue weighted by molar-refractivity contribution is -0.118. The molecule has 3 aromatic heterocycles. The van der Waals surface area contributed by atoms with E-state index in [0.29, 0.717) is 58.7 Å². The smallest absolute Gasteiger partial charge is 0.286 e. The van der Waals surface area contributed by atoms with Crippen LogP contribution in [0.25, 0.3) is 33.5 Å². The molecule has 8 aromatic rings. The van der Waals surface area contributed by atoms with Gasteiger partial charge in [0, 0.05) is 38.7 Å². The van der Waals surface area contributed by atoms with Crippen LogP contribution in [0.4, 0.5) is 4.79 Å². The van der Waals surface area contributed by atoms with E-state index in [2.05, 4.69) is 38.2 Å². The second kappa shape index (κ2) is 18.7. The number of imidazole rings is 2. The standard InChI is InChI=1S/C48H42N10O5S2/c1-4-8-40-51-42(43(47(60)49-2)58(40)26-29-13-21-35(30-9-6-5-7-10-30)36(23-29)45-53-55-56-54-45)44(64)31-14-18-33(19-15-31)63-34-20-22-37-38(25-34)57(3)41(50-37)27-62-32-16-11-28(12-17-32)24-39-46(59)52-48(61)65-39/h5-7,9-23,25,39H,4,8,24,26-27H2,1-3H3,(H,49,60)(H,52,59,61)(H,53,54,55,56). The minimum absolute atomic E-state index is 0.238. The summed E-state index contributed by atoms with van der Waals surface area (Å²) >= 11 is 7.09. The van der Waals surface area contributed by atoms with Crippen molar-refractivity contribution in [2.45, 2.75) is 44.6 Å². The molecule has 1 unspecified atom stereocenters. The Hall–Kier alpha value is -7.50. The molecule has 1 atom stereocenters. The highest BCUT2D eigenvalue weighted by molar-refractivity contribution is 8.15. The summed E-state index contributed by atoms with van der Waals surface area (Å²) in [7, 11) is 3.53. The third kappa shape index (κ3) is 9.14. The maximum atomic E-state index is 13.7. The van der Waals surface area contributed by atoms with Crippen LogP contribution in [0.5, 0.6) is 17.2 Å². The number of hydrogen-bond donors (Lipinski definition) is 3. The number of carbonyl (C=O) groups excluding carboxylic acids is 3. The van der Waals surface area contributed by atoms with Crippen molar-refractivity contribution < 1.29 is 23.9 Å². The number of hydrogen-bond acceptors (Lipinski definition) is 12. The summed E-state index contributed by atoms with van der Waals surface area (Å²) < 4.78 is 16.3. The van der Waals surface area contributed by atoms with E-state index < -0.39 is 5.25 Å². The van der Waals surface area contributed by atoms with Crippen LogP contribution in [0.3, 0.4) is 0 Å². The number of nitrogens with zero attached hydrogens (tertiary/aromatic N) is 7. The second-order valence-corrected chi connectivity index (χ2v) is 16.9. The summed E-state index contributed by atoms with van der Waals surface area (Å²) in [5, 5.41) is 19.4. The first kappa shape index (κ1) is 42.8. The lowest BCUT2D eigenvalue weighted by Crippen LogP contribution is -2.25. The van der Waals surface area contributed by atoms with E-state index in [4.69, 9.17) is 31.7 Å². The van der Waals surface area contributed by atoms with Crippen LogP contribution in [0.1, 0.15) is 57.9 Å². The predicted octanol–water partition coefficient (Wildman–Crippen LogP) is 8.01. The highest BCUT2D eigenvalue weighted by Gasteiger charge is 2.31. The zero-order chi connectivity index (χ0) is 45.0. The number of nitrogens with one attached hydrogen (secondary N) is 3. The van der Waals surface area contributed by atoms with Crippen LogP contribution in [-0.2, 0) is 37.8 Å². The molecule has 0 spiro atoms. The van der Waals surface area contributed by atoms with Gasteiger partial charge in [-0.05, 0) is 100 Å². The summed E-state index contributed by atoms with van der Waals surface area (Å²) in [6.45, 7) is 2.67. The zero-order valence-corrected chi connectivity index (χ0v) is 37.2. The number of aryl methyl sites for hydroxylation is 2. The normalized spacial score (nSPS) is 13.6. The highest BCUT2D eigenvalue weighted by Crippen LogP contribution is 2.33. The van der Waals surface area contributed by atoms with Gasteiger partial charge in [0.25, 0.3) is 11.1 Å². The largest absolute Gasteiger partial charge is 0.486 e. The Balaban J connectivity index is 0.905. The molecule has 15 nitrogen and oxygen atoms in total. The number of H-pyrrole nitrogens is 1. The molecule has 1 aliphatic rings. The number of tetrazole rings is 1. The van der Waals surface area contributed by atoms with Gasteiger partial charge in [0.2, 0.25) is 11.7 Å². The van der Waals surface area contributed by atoms with Gasteiger partial charge >= 0.3 is 0 Å². The van der Waals surface area contributed by atoms with Crippen molar-refractivity contribution in [1.29, 1.82) is 0 Å². The molecule has 3 N–H and O–H groups in total. The molecule has 65 heavy (non-hydrogen) atoms. The van der Waals surface area contributed by atoms with Crippen LogP contribution in [0, 0.1) is 0 Å². The number of ether oxygens (including phenoxy) is 2. The molecule has 1 fully saturated rings. The SMILES string of the molecule is CCCc1nc(C(=S)c2ccc(Oc3ccc4nc(COc5ccc(CC6SC(=O)NC6=O)cc5)n(C)c4c3)cc2)c(C(=O)NC)n1Cc1ccc(-c2ccccc2)c(-c2nn[nH]n2)c1. The summed E-state index contributed by atoms with van der Waals surface area (Å²) in [5.41, 5.74) is 7.84. The Morgan fingerprint density at radius 3 is 2.32 bits per heavy atom. The molecule has 1 saturated heterocycles. The van der Waals surface area contributed by atoms with Crippen LogP contribution in [-0.4, -0.2) is 73.9 Å². The van der Waals surface area contributed by atoms with E-state index in [1.54, 1.807) is 7.05 Å². The number of thiocarbonyl (C=S) groups is 1. The molecule has 3 amide bonds. The third-order valence-electron chi connectivity index (χ3n) is 11.0. The number of aromatic nitrogens is 8. The number of amides is 3. The minimum atomic E-state index is -0.422. The number of imide groups is 1. The third-order valence-corrected chi connectivity index (χ3v) is 12.5. The molecule has 4 heterocycles. The number of thioether (sulfide) groups is 1. The molecule has 1 aliphatic heterocycles. The van der Waals surface area contributed by atoms with Crippen molar-refractivity contribution in [3.05, 3.63) is 155 Å². The van der Waals surface area contributed by atoms with E-state index >= 15 is 0 Å². The van der Waals surface area contributed by atoms with Crippen LogP contribution in [0.2, 0.25) is 0 Å².